The predicted molar refractivity (Wildman–Crippen MR) is 77.3 cm³/mol. The van der Waals surface area contributed by atoms with Crippen LogP contribution in [-0.4, -0.2) is 11.7 Å². The lowest BCUT2D eigenvalue weighted by Gasteiger charge is -2.12. The molecule has 0 aromatic rings. The van der Waals surface area contributed by atoms with Gasteiger partial charge in [0.2, 0.25) is 0 Å². The van der Waals surface area contributed by atoms with Crippen molar-refractivity contribution in [3.63, 3.8) is 0 Å². The highest BCUT2D eigenvalue weighted by atomic mass is 16.3. The quantitative estimate of drug-likeness (QED) is 0.468. The van der Waals surface area contributed by atoms with Gasteiger partial charge in [0.05, 0.1) is 0 Å². The molecular weight excluding hydrogens is 208 g/mol. The first-order valence-electron chi connectivity index (χ1n) is 7.81. The fourth-order valence-corrected chi connectivity index (χ4v) is 2.32. The molecule has 0 spiro atoms. The highest BCUT2D eigenvalue weighted by Crippen LogP contribution is 2.18. The van der Waals surface area contributed by atoms with E-state index in [0.29, 0.717) is 12.5 Å². The van der Waals surface area contributed by atoms with Gasteiger partial charge in [-0.05, 0) is 18.3 Å². The highest BCUT2D eigenvalue weighted by Gasteiger charge is 2.04. The maximum atomic E-state index is 8.94. The second-order valence-corrected chi connectivity index (χ2v) is 5.88. The summed E-state index contributed by atoms with van der Waals surface area (Å²) in [5, 5.41) is 8.94. The first-order chi connectivity index (χ1) is 8.20. The van der Waals surface area contributed by atoms with Gasteiger partial charge in [-0.15, -0.1) is 0 Å². The van der Waals surface area contributed by atoms with Crippen LogP contribution in [0.4, 0.5) is 0 Å². The van der Waals surface area contributed by atoms with Crippen LogP contribution in [-0.2, 0) is 0 Å². The minimum atomic E-state index is 0.353. The number of hydrogen-bond acceptors (Lipinski definition) is 1. The maximum Gasteiger partial charge on any atom is 0.0456 e. The highest BCUT2D eigenvalue weighted by molar-refractivity contribution is 4.57. The lowest BCUT2D eigenvalue weighted by molar-refractivity contribution is 0.225. The van der Waals surface area contributed by atoms with Gasteiger partial charge in [-0.2, -0.15) is 0 Å². The van der Waals surface area contributed by atoms with Crippen molar-refractivity contribution in [3.8, 4) is 0 Å². The predicted octanol–water partition coefficient (Wildman–Crippen LogP) is 5.17. The average molecular weight is 242 g/mol. The molecule has 0 radical (unpaired) electrons. The van der Waals surface area contributed by atoms with E-state index in [1.54, 1.807) is 0 Å². The van der Waals surface area contributed by atoms with Crippen LogP contribution in [0.5, 0.6) is 0 Å². The van der Waals surface area contributed by atoms with Crippen molar-refractivity contribution in [1.29, 1.82) is 0 Å². The zero-order chi connectivity index (χ0) is 12.9. The van der Waals surface area contributed by atoms with E-state index in [1.165, 1.54) is 64.2 Å². The number of aliphatic hydroxyl groups is 1. The Bertz CT molecular complexity index is 144. The van der Waals surface area contributed by atoms with Gasteiger partial charge >= 0.3 is 0 Å². The van der Waals surface area contributed by atoms with E-state index in [0.717, 1.165) is 5.92 Å². The van der Waals surface area contributed by atoms with Crippen LogP contribution in [0.3, 0.4) is 0 Å². The molecule has 1 nitrogen and oxygen atoms in total. The Morgan fingerprint density at radius 3 is 1.88 bits per heavy atom. The van der Waals surface area contributed by atoms with E-state index in [2.05, 4.69) is 20.8 Å². The standard InChI is InChI=1S/C16H34O/c1-4-5-6-7-8-9-11-15(2)12-10-13-16(3)14-17/h15-17H,4-14H2,1-3H3/t15-,16+/m1/s1. The molecule has 0 amide bonds. The molecule has 17 heavy (non-hydrogen) atoms. The molecule has 2 atom stereocenters. The van der Waals surface area contributed by atoms with Crippen LogP contribution < -0.4 is 0 Å². The third-order valence-electron chi connectivity index (χ3n) is 3.76. The van der Waals surface area contributed by atoms with E-state index in [4.69, 9.17) is 5.11 Å². The van der Waals surface area contributed by atoms with E-state index in [9.17, 15) is 0 Å². The van der Waals surface area contributed by atoms with Gasteiger partial charge in [0.15, 0.2) is 0 Å². The van der Waals surface area contributed by atoms with Crippen LogP contribution in [0.25, 0.3) is 0 Å². The van der Waals surface area contributed by atoms with Crippen LogP contribution in [0.1, 0.15) is 85.0 Å². The molecule has 0 aliphatic carbocycles. The molecule has 0 fully saturated rings. The average Bonchev–Trinajstić information content (AvgIpc) is 2.33. The van der Waals surface area contributed by atoms with Crippen LogP contribution in [0, 0.1) is 11.8 Å². The van der Waals surface area contributed by atoms with E-state index < -0.39 is 0 Å². The molecular formula is C16H34O. The molecule has 0 saturated heterocycles. The summed E-state index contributed by atoms with van der Waals surface area (Å²) >= 11 is 0. The van der Waals surface area contributed by atoms with E-state index in [-0.39, 0.29) is 0 Å². The van der Waals surface area contributed by atoms with Gasteiger partial charge < -0.3 is 5.11 Å². The summed E-state index contributed by atoms with van der Waals surface area (Å²) < 4.78 is 0. The molecule has 0 heterocycles. The Morgan fingerprint density at radius 1 is 0.706 bits per heavy atom. The molecule has 0 aromatic heterocycles. The molecule has 0 saturated carbocycles. The Morgan fingerprint density at radius 2 is 1.24 bits per heavy atom. The molecule has 0 unspecified atom stereocenters. The third kappa shape index (κ3) is 12.2. The van der Waals surface area contributed by atoms with Crippen molar-refractivity contribution in [1.82, 2.24) is 0 Å². The Kier molecular flexibility index (Phi) is 12.4. The molecule has 0 aromatic carbocycles. The van der Waals surface area contributed by atoms with Gasteiger partial charge in [-0.1, -0.05) is 78.6 Å². The summed E-state index contributed by atoms with van der Waals surface area (Å²) in [6.45, 7) is 7.15. The summed E-state index contributed by atoms with van der Waals surface area (Å²) in [5.41, 5.74) is 0. The smallest absolute Gasteiger partial charge is 0.0456 e. The molecule has 0 aliphatic heterocycles. The summed E-state index contributed by atoms with van der Waals surface area (Å²) in [6.07, 6.45) is 13.7. The van der Waals surface area contributed by atoms with Crippen molar-refractivity contribution in [2.24, 2.45) is 11.8 Å². The van der Waals surface area contributed by atoms with Gasteiger partial charge in [-0.3, -0.25) is 0 Å². The van der Waals surface area contributed by atoms with Gasteiger partial charge in [0.1, 0.15) is 0 Å². The lowest BCUT2D eigenvalue weighted by Crippen LogP contribution is -2.02. The molecule has 1 heteroatoms. The van der Waals surface area contributed by atoms with Crippen molar-refractivity contribution in [2.45, 2.75) is 85.0 Å². The molecule has 0 rings (SSSR count). The molecule has 0 aliphatic rings. The summed E-state index contributed by atoms with van der Waals surface area (Å²) in [6, 6.07) is 0. The second kappa shape index (κ2) is 12.4. The Hall–Kier alpha value is -0.0400. The monoisotopic (exact) mass is 242 g/mol. The van der Waals surface area contributed by atoms with Crippen molar-refractivity contribution in [3.05, 3.63) is 0 Å². The fraction of sp³-hybridized carbons (Fsp3) is 1.00. The number of unbranched alkanes of at least 4 members (excludes halogenated alkanes) is 5. The molecule has 0 bridgehead atoms. The number of aliphatic hydroxyl groups excluding tert-OH is 1. The van der Waals surface area contributed by atoms with Crippen LogP contribution >= 0.6 is 0 Å². The maximum absolute atomic E-state index is 8.94. The normalized spacial score (nSPS) is 14.8. The summed E-state index contributed by atoms with van der Waals surface area (Å²) in [4.78, 5) is 0. The summed E-state index contributed by atoms with van der Waals surface area (Å²) in [7, 11) is 0. The van der Waals surface area contributed by atoms with Crippen LogP contribution in [0.2, 0.25) is 0 Å². The lowest BCUT2D eigenvalue weighted by atomic mass is 9.94. The number of hydrogen-bond donors (Lipinski definition) is 1. The Balaban J connectivity index is 3.20. The van der Waals surface area contributed by atoms with E-state index >= 15 is 0 Å². The van der Waals surface area contributed by atoms with Crippen molar-refractivity contribution >= 4 is 0 Å². The minimum Gasteiger partial charge on any atom is -0.396 e. The van der Waals surface area contributed by atoms with Gasteiger partial charge in [-0.25, -0.2) is 0 Å². The zero-order valence-electron chi connectivity index (χ0n) is 12.4. The first-order valence-corrected chi connectivity index (χ1v) is 7.81. The van der Waals surface area contributed by atoms with Crippen molar-refractivity contribution in [2.75, 3.05) is 6.61 Å². The molecule has 1 N–H and O–H groups in total. The second-order valence-electron chi connectivity index (χ2n) is 5.88. The van der Waals surface area contributed by atoms with Gasteiger partial charge in [0.25, 0.3) is 0 Å². The summed E-state index contributed by atoms with van der Waals surface area (Å²) in [5.74, 6) is 1.38. The topological polar surface area (TPSA) is 20.2 Å². The largest absolute Gasteiger partial charge is 0.396 e. The number of rotatable bonds is 12. The SMILES string of the molecule is CCCCCCCC[C@@H](C)CCC[C@H](C)CO. The van der Waals surface area contributed by atoms with E-state index in [1.807, 2.05) is 0 Å². The Labute approximate surface area is 109 Å². The van der Waals surface area contributed by atoms with Crippen LogP contribution in [0.15, 0.2) is 0 Å². The first kappa shape index (κ1) is 17.0. The molecule has 104 valence electrons. The van der Waals surface area contributed by atoms with Gasteiger partial charge in [0, 0.05) is 6.61 Å². The minimum absolute atomic E-state index is 0.353. The fourth-order valence-electron chi connectivity index (χ4n) is 2.32. The third-order valence-corrected chi connectivity index (χ3v) is 3.76. The van der Waals surface area contributed by atoms with Crippen molar-refractivity contribution < 1.29 is 5.11 Å². The zero-order valence-corrected chi connectivity index (χ0v) is 12.4.